The Morgan fingerprint density at radius 3 is 2.27 bits per heavy atom. The number of benzene rings is 1. The van der Waals surface area contributed by atoms with Gasteiger partial charge in [-0.2, -0.15) is 0 Å². The van der Waals surface area contributed by atoms with E-state index in [1.165, 1.54) is 0 Å². The van der Waals surface area contributed by atoms with Crippen LogP contribution in [0.3, 0.4) is 0 Å². The molecular weight excluding hydrogens is 344 g/mol. The van der Waals surface area contributed by atoms with E-state index in [4.69, 9.17) is 0 Å². The largest absolute Gasteiger partial charge is 0.352 e. The van der Waals surface area contributed by atoms with Crippen molar-refractivity contribution in [3.05, 3.63) is 34.3 Å². The molecule has 22 heavy (non-hydrogen) atoms. The van der Waals surface area contributed by atoms with E-state index in [2.05, 4.69) is 26.6 Å². The maximum absolute atomic E-state index is 12.6. The van der Waals surface area contributed by atoms with Crippen LogP contribution in [0.25, 0.3) is 0 Å². The second kappa shape index (κ2) is 6.82. The highest BCUT2D eigenvalue weighted by Crippen LogP contribution is 2.48. The summed E-state index contributed by atoms with van der Waals surface area (Å²) in [6, 6.07) is 7.44. The zero-order valence-corrected chi connectivity index (χ0v) is 14.9. The molecule has 2 amide bonds. The standard InChI is InChI=1S/C17H23BrN2O2/c1-4-11(2)19-15(21)12(3)20-16(22)17(9-10-17)13-5-7-14(18)8-6-13/h5-8,11-12H,4,9-10H2,1-3H3,(H,19,21)(H,20,22). The third-order valence-corrected chi connectivity index (χ3v) is 4.85. The van der Waals surface area contributed by atoms with Crippen LogP contribution in [0.5, 0.6) is 0 Å². The van der Waals surface area contributed by atoms with Gasteiger partial charge < -0.3 is 10.6 Å². The number of halogens is 1. The van der Waals surface area contributed by atoms with Crippen molar-refractivity contribution in [3.8, 4) is 0 Å². The third kappa shape index (κ3) is 3.69. The van der Waals surface area contributed by atoms with Crippen molar-refractivity contribution in [2.45, 2.75) is 57.5 Å². The van der Waals surface area contributed by atoms with Crippen molar-refractivity contribution in [1.29, 1.82) is 0 Å². The summed E-state index contributed by atoms with van der Waals surface area (Å²) < 4.78 is 0.994. The van der Waals surface area contributed by atoms with Crippen molar-refractivity contribution >= 4 is 27.7 Å². The van der Waals surface area contributed by atoms with Crippen LogP contribution in [-0.4, -0.2) is 23.9 Å². The average molecular weight is 367 g/mol. The van der Waals surface area contributed by atoms with Crippen LogP contribution in [0.15, 0.2) is 28.7 Å². The van der Waals surface area contributed by atoms with E-state index in [0.29, 0.717) is 0 Å². The Labute approximate surface area is 140 Å². The zero-order valence-electron chi connectivity index (χ0n) is 13.3. The molecule has 0 radical (unpaired) electrons. The van der Waals surface area contributed by atoms with Crippen molar-refractivity contribution < 1.29 is 9.59 Å². The molecule has 1 aromatic rings. The summed E-state index contributed by atoms with van der Waals surface area (Å²) in [4.78, 5) is 24.6. The highest BCUT2D eigenvalue weighted by Gasteiger charge is 2.51. The first-order chi connectivity index (χ1) is 10.4. The van der Waals surface area contributed by atoms with Gasteiger partial charge in [0, 0.05) is 10.5 Å². The molecule has 120 valence electrons. The summed E-state index contributed by atoms with van der Waals surface area (Å²) in [5.41, 5.74) is 0.564. The van der Waals surface area contributed by atoms with Crippen LogP contribution in [-0.2, 0) is 15.0 Å². The van der Waals surface area contributed by atoms with Gasteiger partial charge in [-0.25, -0.2) is 0 Å². The Hall–Kier alpha value is -1.36. The number of amides is 2. The van der Waals surface area contributed by atoms with Gasteiger partial charge in [-0.1, -0.05) is 35.0 Å². The lowest BCUT2D eigenvalue weighted by Gasteiger charge is -2.21. The SMILES string of the molecule is CCC(C)NC(=O)C(C)NC(=O)C1(c2ccc(Br)cc2)CC1. The van der Waals surface area contributed by atoms with E-state index < -0.39 is 11.5 Å². The molecule has 2 rings (SSSR count). The Kier molecular flexibility index (Phi) is 5.27. The Morgan fingerprint density at radius 2 is 1.77 bits per heavy atom. The van der Waals surface area contributed by atoms with E-state index >= 15 is 0 Å². The number of carbonyl (C=O) groups excluding carboxylic acids is 2. The minimum atomic E-state index is -0.519. The molecule has 0 spiro atoms. The third-order valence-electron chi connectivity index (χ3n) is 4.32. The summed E-state index contributed by atoms with van der Waals surface area (Å²) in [6.45, 7) is 5.70. The Morgan fingerprint density at radius 1 is 1.18 bits per heavy atom. The van der Waals surface area contributed by atoms with Crippen LogP contribution in [0.2, 0.25) is 0 Å². The first kappa shape index (κ1) is 17.0. The highest BCUT2D eigenvalue weighted by molar-refractivity contribution is 9.10. The van der Waals surface area contributed by atoms with Gasteiger partial charge in [0.25, 0.3) is 0 Å². The van der Waals surface area contributed by atoms with Gasteiger partial charge in [-0.3, -0.25) is 9.59 Å². The number of hydrogen-bond donors (Lipinski definition) is 2. The monoisotopic (exact) mass is 366 g/mol. The lowest BCUT2D eigenvalue weighted by molar-refractivity contribution is -0.130. The molecular formula is C17H23BrN2O2. The predicted molar refractivity (Wildman–Crippen MR) is 90.6 cm³/mol. The molecule has 0 bridgehead atoms. The molecule has 4 nitrogen and oxygen atoms in total. The molecule has 2 unspecified atom stereocenters. The molecule has 1 saturated carbocycles. The molecule has 2 N–H and O–H groups in total. The molecule has 1 aliphatic rings. The van der Waals surface area contributed by atoms with Gasteiger partial charge in [0.1, 0.15) is 6.04 Å². The van der Waals surface area contributed by atoms with E-state index in [-0.39, 0.29) is 17.9 Å². The van der Waals surface area contributed by atoms with E-state index in [0.717, 1.165) is 29.3 Å². The highest BCUT2D eigenvalue weighted by atomic mass is 79.9. The zero-order chi connectivity index (χ0) is 16.3. The quantitative estimate of drug-likeness (QED) is 0.812. The van der Waals surface area contributed by atoms with Crippen LogP contribution >= 0.6 is 15.9 Å². The lowest BCUT2D eigenvalue weighted by atomic mass is 9.94. The minimum Gasteiger partial charge on any atom is -0.352 e. The number of carbonyl (C=O) groups is 2. The molecule has 2 atom stereocenters. The fourth-order valence-corrected chi connectivity index (χ4v) is 2.68. The molecule has 0 heterocycles. The fraction of sp³-hybridized carbons (Fsp3) is 0.529. The second-order valence-electron chi connectivity index (χ2n) is 6.10. The molecule has 1 aromatic carbocycles. The summed E-state index contributed by atoms with van der Waals surface area (Å²) in [5.74, 6) is -0.184. The normalized spacial score (nSPS) is 18.2. The lowest BCUT2D eigenvalue weighted by Crippen LogP contribution is -2.49. The van der Waals surface area contributed by atoms with Crippen molar-refractivity contribution in [2.75, 3.05) is 0 Å². The molecule has 0 saturated heterocycles. The molecule has 0 aromatic heterocycles. The minimum absolute atomic E-state index is 0.0541. The van der Waals surface area contributed by atoms with Gasteiger partial charge in [-0.05, 0) is 50.8 Å². The topological polar surface area (TPSA) is 58.2 Å². The number of rotatable bonds is 6. The molecule has 1 aliphatic carbocycles. The van der Waals surface area contributed by atoms with Crippen molar-refractivity contribution in [3.63, 3.8) is 0 Å². The van der Waals surface area contributed by atoms with E-state index in [9.17, 15) is 9.59 Å². The predicted octanol–water partition coefficient (Wildman–Crippen LogP) is 2.90. The van der Waals surface area contributed by atoms with Gasteiger partial charge in [0.2, 0.25) is 11.8 Å². The maximum Gasteiger partial charge on any atom is 0.242 e. The second-order valence-corrected chi connectivity index (χ2v) is 7.02. The van der Waals surface area contributed by atoms with Crippen LogP contribution < -0.4 is 10.6 Å². The van der Waals surface area contributed by atoms with Crippen molar-refractivity contribution in [1.82, 2.24) is 10.6 Å². The average Bonchev–Trinajstić information content (AvgIpc) is 3.29. The van der Waals surface area contributed by atoms with E-state index in [1.807, 2.05) is 38.1 Å². The summed E-state index contributed by atoms with van der Waals surface area (Å²) in [7, 11) is 0. The van der Waals surface area contributed by atoms with Crippen LogP contribution in [0, 0.1) is 0 Å². The number of nitrogens with one attached hydrogen (secondary N) is 2. The summed E-state index contributed by atoms with van der Waals surface area (Å²) in [6.07, 6.45) is 2.54. The van der Waals surface area contributed by atoms with Gasteiger partial charge in [0.05, 0.1) is 5.41 Å². The van der Waals surface area contributed by atoms with Gasteiger partial charge >= 0.3 is 0 Å². The van der Waals surface area contributed by atoms with Gasteiger partial charge in [-0.15, -0.1) is 0 Å². The number of hydrogen-bond acceptors (Lipinski definition) is 2. The van der Waals surface area contributed by atoms with Gasteiger partial charge in [0.15, 0.2) is 0 Å². The van der Waals surface area contributed by atoms with E-state index in [1.54, 1.807) is 6.92 Å². The maximum atomic E-state index is 12.6. The molecule has 0 aliphatic heterocycles. The summed E-state index contributed by atoms with van der Waals surface area (Å²) >= 11 is 3.41. The first-order valence-corrected chi connectivity index (χ1v) is 8.55. The van der Waals surface area contributed by atoms with Crippen molar-refractivity contribution in [2.24, 2.45) is 0 Å². The van der Waals surface area contributed by atoms with Crippen LogP contribution in [0.4, 0.5) is 0 Å². The van der Waals surface area contributed by atoms with Crippen LogP contribution in [0.1, 0.15) is 45.6 Å². The molecule has 1 fully saturated rings. The smallest absolute Gasteiger partial charge is 0.242 e. The fourth-order valence-electron chi connectivity index (χ4n) is 2.41. The Bertz CT molecular complexity index is 552. The summed E-state index contributed by atoms with van der Waals surface area (Å²) in [5, 5.41) is 5.76. The molecule has 5 heteroatoms. The first-order valence-electron chi connectivity index (χ1n) is 7.76. The Balaban J connectivity index is 1.99.